The van der Waals surface area contributed by atoms with Crippen molar-refractivity contribution in [3.05, 3.63) is 163 Å². The van der Waals surface area contributed by atoms with Crippen LogP contribution in [0.5, 0.6) is 0 Å². The van der Waals surface area contributed by atoms with E-state index in [1.807, 2.05) is 6.20 Å². The van der Waals surface area contributed by atoms with Crippen molar-refractivity contribution in [3.63, 3.8) is 0 Å². The largest absolute Gasteiger partial charge is 0.314 e. The van der Waals surface area contributed by atoms with Crippen LogP contribution in [0.25, 0.3) is 22.3 Å². The third kappa shape index (κ3) is 4.87. The minimum atomic E-state index is -0.200. The van der Waals surface area contributed by atoms with E-state index in [9.17, 15) is 0 Å². The fourth-order valence-corrected chi connectivity index (χ4v) is 6.23. The Morgan fingerprint density at radius 1 is 0.535 bits per heavy atom. The molecular formula is C40H35N3. The van der Waals surface area contributed by atoms with Crippen molar-refractivity contribution in [1.82, 2.24) is 4.98 Å². The monoisotopic (exact) mass is 557 g/mol. The molecule has 3 heteroatoms. The van der Waals surface area contributed by atoms with Crippen LogP contribution in [0, 0.1) is 0 Å². The van der Waals surface area contributed by atoms with Gasteiger partial charge in [-0.25, -0.2) is 4.98 Å². The highest BCUT2D eigenvalue weighted by molar-refractivity contribution is 5.92. The lowest BCUT2D eigenvalue weighted by Gasteiger charge is -2.36. The van der Waals surface area contributed by atoms with Gasteiger partial charge >= 0.3 is 0 Å². The van der Waals surface area contributed by atoms with Gasteiger partial charge in [0.05, 0.1) is 11.4 Å². The van der Waals surface area contributed by atoms with Gasteiger partial charge in [0.2, 0.25) is 0 Å². The van der Waals surface area contributed by atoms with Crippen molar-refractivity contribution in [1.29, 1.82) is 0 Å². The van der Waals surface area contributed by atoms with E-state index in [0.717, 1.165) is 22.9 Å². The van der Waals surface area contributed by atoms with Crippen LogP contribution in [0.3, 0.4) is 0 Å². The summed E-state index contributed by atoms with van der Waals surface area (Å²) in [5.41, 5.74) is 10.7. The summed E-state index contributed by atoms with van der Waals surface area (Å²) in [5.74, 6) is 0.935. The Morgan fingerprint density at radius 3 is 1.60 bits per heavy atom. The van der Waals surface area contributed by atoms with Gasteiger partial charge in [0.1, 0.15) is 12.0 Å². The van der Waals surface area contributed by atoms with Gasteiger partial charge in [0.25, 0.3) is 0 Å². The Kier molecular flexibility index (Phi) is 6.79. The van der Waals surface area contributed by atoms with Crippen molar-refractivity contribution in [3.8, 4) is 22.3 Å². The first-order valence-corrected chi connectivity index (χ1v) is 14.9. The van der Waals surface area contributed by atoms with E-state index >= 15 is 0 Å². The minimum absolute atomic E-state index is 0.0112. The number of anilines is 4. The van der Waals surface area contributed by atoms with Gasteiger partial charge in [-0.1, -0.05) is 130 Å². The maximum absolute atomic E-state index is 5.04. The first-order chi connectivity index (χ1) is 21.0. The fraction of sp³-hybridized carbons (Fsp3) is 0.125. The average Bonchev–Trinajstić information content (AvgIpc) is 3.40. The van der Waals surface area contributed by atoms with Crippen LogP contribution >= 0.6 is 0 Å². The Morgan fingerprint density at radius 2 is 1.05 bits per heavy atom. The zero-order valence-electron chi connectivity index (χ0n) is 24.9. The van der Waals surface area contributed by atoms with E-state index in [0.29, 0.717) is 0 Å². The number of para-hydroxylation sites is 3. The molecule has 5 aromatic carbocycles. The van der Waals surface area contributed by atoms with Crippen LogP contribution in [-0.4, -0.2) is 4.98 Å². The number of hydrogen-bond donors (Lipinski definition) is 0. The maximum atomic E-state index is 5.04. The molecule has 1 aromatic heterocycles. The third-order valence-electron chi connectivity index (χ3n) is 8.32. The highest BCUT2D eigenvalue weighted by Gasteiger charge is 2.42. The van der Waals surface area contributed by atoms with Crippen molar-refractivity contribution in [2.24, 2.45) is 0 Å². The lowest BCUT2D eigenvalue weighted by atomic mass is 9.87. The predicted octanol–water partition coefficient (Wildman–Crippen LogP) is 10.7. The van der Waals surface area contributed by atoms with Crippen LogP contribution in [0.1, 0.15) is 38.1 Å². The molecule has 1 unspecified atom stereocenters. The second-order valence-electron chi connectivity index (χ2n) is 12.1. The van der Waals surface area contributed by atoms with Crippen molar-refractivity contribution in [2.75, 3.05) is 9.80 Å². The Bertz CT molecular complexity index is 1800. The normalized spacial score (nSPS) is 14.5. The summed E-state index contributed by atoms with van der Waals surface area (Å²) in [6.07, 6.45) is 1.76. The van der Waals surface area contributed by atoms with E-state index in [2.05, 4.69) is 176 Å². The topological polar surface area (TPSA) is 19.4 Å². The number of rotatable bonds is 5. The predicted molar refractivity (Wildman–Crippen MR) is 180 cm³/mol. The molecule has 0 saturated carbocycles. The average molecular weight is 558 g/mol. The number of hydrogen-bond acceptors (Lipinski definition) is 3. The smallest absolute Gasteiger partial charge is 0.139 e. The van der Waals surface area contributed by atoms with Gasteiger partial charge in [-0.2, -0.15) is 0 Å². The van der Waals surface area contributed by atoms with Crippen LogP contribution in [0.15, 0.2) is 152 Å². The molecule has 6 aromatic rings. The molecule has 2 heterocycles. The summed E-state index contributed by atoms with van der Waals surface area (Å²) in [4.78, 5) is 9.96. The Labute approximate surface area is 254 Å². The van der Waals surface area contributed by atoms with Gasteiger partial charge < -0.3 is 4.90 Å². The van der Waals surface area contributed by atoms with Crippen molar-refractivity contribution < 1.29 is 0 Å². The third-order valence-corrected chi connectivity index (χ3v) is 8.32. The molecule has 0 spiro atoms. The fourth-order valence-electron chi connectivity index (χ4n) is 6.23. The molecular weight excluding hydrogens is 522 g/mol. The standard InChI is InChI=1S/C40H35N3/c1-40(2,3)31-26-27-41-37(28-31)43-36-25-14-13-24-35(36)42(32-20-11-6-12-21-32)39(43)38-33(29-16-7-4-8-17-29)22-15-23-34(38)30-18-9-5-10-19-30/h4-28,39H,1-3H3. The van der Waals surface area contributed by atoms with E-state index < -0.39 is 0 Å². The highest BCUT2D eigenvalue weighted by Crippen LogP contribution is 2.56. The van der Waals surface area contributed by atoms with Gasteiger partial charge in [-0.05, 0) is 69.6 Å². The molecule has 0 N–H and O–H groups in total. The van der Waals surface area contributed by atoms with Gasteiger partial charge in [-0.3, -0.25) is 4.90 Å². The van der Waals surface area contributed by atoms with Crippen LogP contribution in [0.4, 0.5) is 22.9 Å². The summed E-state index contributed by atoms with van der Waals surface area (Å²) in [6.45, 7) is 6.78. The zero-order valence-corrected chi connectivity index (χ0v) is 24.9. The summed E-state index contributed by atoms with van der Waals surface area (Å²) >= 11 is 0. The maximum Gasteiger partial charge on any atom is 0.139 e. The summed E-state index contributed by atoms with van der Waals surface area (Å²) in [6, 6.07) is 52.1. The van der Waals surface area contributed by atoms with E-state index in [-0.39, 0.29) is 11.6 Å². The number of pyridine rings is 1. The Balaban J connectivity index is 1.58. The van der Waals surface area contributed by atoms with E-state index in [4.69, 9.17) is 4.98 Å². The molecule has 0 saturated heterocycles. The molecule has 0 fully saturated rings. The van der Waals surface area contributed by atoms with Crippen LogP contribution < -0.4 is 9.80 Å². The van der Waals surface area contributed by atoms with E-state index in [1.54, 1.807) is 0 Å². The summed E-state index contributed by atoms with van der Waals surface area (Å²) in [7, 11) is 0. The molecule has 0 aliphatic carbocycles. The molecule has 43 heavy (non-hydrogen) atoms. The summed E-state index contributed by atoms with van der Waals surface area (Å²) in [5, 5.41) is 0. The number of nitrogens with zero attached hydrogens (tertiary/aromatic N) is 3. The van der Waals surface area contributed by atoms with Gasteiger partial charge in [-0.15, -0.1) is 0 Å². The van der Waals surface area contributed by atoms with Crippen molar-refractivity contribution in [2.45, 2.75) is 32.4 Å². The van der Waals surface area contributed by atoms with Crippen LogP contribution in [0.2, 0.25) is 0 Å². The number of aromatic nitrogens is 1. The number of benzene rings is 5. The molecule has 7 rings (SSSR count). The van der Waals surface area contributed by atoms with Gasteiger partial charge in [0.15, 0.2) is 0 Å². The second-order valence-corrected chi connectivity index (χ2v) is 12.1. The molecule has 0 radical (unpaired) electrons. The number of fused-ring (bicyclic) bond motifs is 1. The molecule has 3 nitrogen and oxygen atoms in total. The molecule has 1 aliphatic rings. The minimum Gasteiger partial charge on any atom is -0.314 e. The second kappa shape index (κ2) is 10.9. The molecule has 0 bridgehead atoms. The Hall–Kier alpha value is -5.15. The van der Waals surface area contributed by atoms with E-state index in [1.165, 1.54) is 33.4 Å². The molecule has 1 aliphatic heterocycles. The zero-order chi connectivity index (χ0) is 29.4. The first kappa shape index (κ1) is 26.7. The molecule has 0 amide bonds. The lowest BCUT2D eigenvalue weighted by molar-refractivity contribution is 0.588. The van der Waals surface area contributed by atoms with Crippen LogP contribution in [-0.2, 0) is 5.41 Å². The lowest BCUT2D eigenvalue weighted by Crippen LogP contribution is -2.32. The highest BCUT2D eigenvalue weighted by atomic mass is 15.4. The summed E-state index contributed by atoms with van der Waals surface area (Å²) < 4.78 is 0. The van der Waals surface area contributed by atoms with Gasteiger partial charge in [0, 0.05) is 17.4 Å². The molecule has 1 atom stereocenters. The quantitative estimate of drug-likeness (QED) is 0.210. The first-order valence-electron chi connectivity index (χ1n) is 14.9. The SMILES string of the molecule is CC(C)(C)c1ccnc(N2c3ccccc3N(c3ccccc3)C2c2c(-c3ccccc3)cccc2-c2ccccc2)c1. The van der Waals surface area contributed by atoms with Crippen molar-refractivity contribution >= 4 is 22.9 Å². The molecule has 210 valence electrons.